The number of benzene rings is 1. The van der Waals surface area contributed by atoms with Crippen molar-refractivity contribution in [2.75, 3.05) is 6.61 Å². The fraction of sp³-hybridized carbons (Fsp3) is 0.316. The Bertz CT molecular complexity index is 1080. The van der Waals surface area contributed by atoms with Crippen LogP contribution in [0, 0.1) is 5.82 Å². The van der Waals surface area contributed by atoms with Crippen LogP contribution in [0.5, 0.6) is 5.75 Å². The molecular formula is C19H16ClFN4O2. The van der Waals surface area contributed by atoms with Gasteiger partial charge in [0.05, 0.1) is 17.7 Å². The summed E-state index contributed by atoms with van der Waals surface area (Å²) in [7, 11) is 0. The molecule has 138 valence electrons. The molecule has 0 bridgehead atoms. The molecule has 0 N–H and O–H groups in total. The zero-order chi connectivity index (χ0) is 18.7. The van der Waals surface area contributed by atoms with E-state index in [4.69, 9.17) is 21.2 Å². The SMILES string of the molecule is CC1=NOC(C)C1c1cc(F)c2nc(Cl)n3c2c1OCC3c1cccnc1. The first kappa shape index (κ1) is 16.5. The van der Waals surface area contributed by atoms with Crippen molar-refractivity contribution in [2.24, 2.45) is 5.16 Å². The molecule has 0 spiro atoms. The summed E-state index contributed by atoms with van der Waals surface area (Å²) in [6, 6.07) is 5.02. The van der Waals surface area contributed by atoms with E-state index in [9.17, 15) is 4.39 Å². The highest BCUT2D eigenvalue weighted by molar-refractivity contribution is 6.29. The van der Waals surface area contributed by atoms with E-state index in [0.717, 1.165) is 11.3 Å². The molecule has 0 saturated heterocycles. The molecule has 2 aliphatic heterocycles. The number of oxime groups is 1. The summed E-state index contributed by atoms with van der Waals surface area (Å²) >= 11 is 6.42. The van der Waals surface area contributed by atoms with Gasteiger partial charge in [-0.25, -0.2) is 9.37 Å². The standard InChI is InChI=1S/C19H16ClFN4O2/c1-9-15(10(2)27-24-9)12-6-13(21)16-17-18(12)26-8-14(25(17)19(20)23-16)11-4-3-5-22-7-11/h3-7,10,14-15H,8H2,1-2H3. The first-order valence-electron chi connectivity index (χ1n) is 8.69. The molecule has 1 aromatic carbocycles. The number of hydrogen-bond acceptors (Lipinski definition) is 5. The van der Waals surface area contributed by atoms with Crippen LogP contribution in [-0.2, 0) is 4.84 Å². The van der Waals surface area contributed by atoms with Crippen LogP contribution in [0.1, 0.15) is 36.9 Å². The van der Waals surface area contributed by atoms with Crippen LogP contribution >= 0.6 is 11.6 Å². The van der Waals surface area contributed by atoms with Gasteiger partial charge in [0.15, 0.2) is 5.82 Å². The normalized spacial score (nSPS) is 23.9. The van der Waals surface area contributed by atoms with Crippen LogP contribution < -0.4 is 4.74 Å². The first-order valence-corrected chi connectivity index (χ1v) is 9.07. The topological polar surface area (TPSA) is 61.5 Å². The third-order valence-corrected chi connectivity index (χ3v) is 5.50. The van der Waals surface area contributed by atoms with Crippen LogP contribution in [0.4, 0.5) is 4.39 Å². The van der Waals surface area contributed by atoms with Crippen molar-refractivity contribution in [3.05, 3.63) is 52.8 Å². The molecule has 27 heavy (non-hydrogen) atoms. The molecule has 8 heteroatoms. The zero-order valence-electron chi connectivity index (χ0n) is 14.7. The van der Waals surface area contributed by atoms with E-state index in [1.54, 1.807) is 12.4 Å². The molecule has 5 rings (SSSR count). The van der Waals surface area contributed by atoms with Crippen molar-refractivity contribution < 1.29 is 14.0 Å². The van der Waals surface area contributed by atoms with E-state index in [1.807, 2.05) is 30.5 Å². The highest BCUT2D eigenvalue weighted by atomic mass is 35.5. The number of imidazole rings is 1. The molecule has 3 unspecified atom stereocenters. The van der Waals surface area contributed by atoms with Crippen molar-refractivity contribution in [3.63, 3.8) is 0 Å². The van der Waals surface area contributed by atoms with E-state index in [1.165, 1.54) is 6.07 Å². The fourth-order valence-corrected chi connectivity index (χ4v) is 4.31. The predicted molar refractivity (Wildman–Crippen MR) is 99.0 cm³/mol. The highest BCUT2D eigenvalue weighted by Crippen LogP contribution is 2.45. The molecule has 0 saturated carbocycles. The summed E-state index contributed by atoms with van der Waals surface area (Å²) in [6.45, 7) is 4.13. The zero-order valence-corrected chi connectivity index (χ0v) is 15.4. The van der Waals surface area contributed by atoms with E-state index < -0.39 is 5.82 Å². The summed E-state index contributed by atoms with van der Waals surface area (Å²) < 4.78 is 22.9. The average Bonchev–Trinajstić information content (AvgIpc) is 3.20. The number of nitrogens with zero attached hydrogens (tertiary/aromatic N) is 4. The molecule has 0 aliphatic carbocycles. The maximum Gasteiger partial charge on any atom is 0.204 e. The minimum absolute atomic E-state index is 0.184. The molecule has 0 amide bonds. The van der Waals surface area contributed by atoms with E-state index in [-0.39, 0.29) is 28.9 Å². The van der Waals surface area contributed by atoms with Crippen LogP contribution in [0.2, 0.25) is 5.28 Å². The van der Waals surface area contributed by atoms with Gasteiger partial charge in [0.25, 0.3) is 0 Å². The van der Waals surface area contributed by atoms with E-state index >= 15 is 0 Å². The molecule has 2 aliphatic rings. The van der Waals surface area contributed by atoms with Crippen molar-refractivity contribution >= 4 is 28.3 Å². The Morgan fingerprint density at radius 3 is 2.93 bits per heavy atom. The van der Waals surface area contributed by atoms with Gasteiger partial charge < -0.3 is 14.1 Å². The second-order valence-corrected chi connectivity index (χ2v) is 7.20. The molecule has 3 atom stereocenters. The number of halogens is 2. The molecule has 0 radical (unpaired) electrons. The Labute approximate surface area is 159 Å². The molecular weight excluding hydrogens is 371 g/mol. The Kier molecular flexibility index (Phi) is 3.62. The number of aromatic nitrogens is 3. The Hall–Kier alpha value is -2.67. The largest absolute Gasteiger partial charge is 0.488 e. The Balaban J connectivity index is 1.77. The minimum atomic E-state index is -0.438. The van der Waals surface area contributed by atoms with Crippen LogP contribution in [0.3, 0.4) is 0 Å². The molecule has 6 nitrogen and oxygen atoms in total. The van der Waals surface area contributed by atoms with Gasteiger partial charge in [0.1, 0.15) is 29.5 Å². The smallest absolute Gasteiger partial charge is 0.204 e. The number of pyridine rings is 1. The molecule has 3 aromatic rings. The summed E-state index contributed by atoms with van der Waals surface area (Å²) in [5.74, 6) is -0.0365. The third kappa shape index (κ3) is 2.34. The monoisotopic (exact) mass is 386 g/mol. The lowest BCUT2D eigenvalue weighted by atomic mass is 9.89. The van der Waals surface area contributed by atoms with Gasteiger partial charge >= 0.3 is 0 Å². The van der Waals surface area contributed by atoms with Gasteiger partial charge in [-0.15, -0.1) is 0 Å². The van der Waals surface area contributed by atoms with Gasteiger partial charge in [0, 0.05) is 18.0 Å². The van der Waals surface area contributed by atoms with Crippen LogP contribution in [0.25, 0.3) is 11.0 Å². The van der Waals surface area contributed by atoms with Crippen LogP contribution in [0.15, 0.2) is 35.7 Å². The number of ether oxygens (including phenoxy) is 1. The summed E-state index contributed by atoms with van der Waals surface area (Å²) in [5.41, 5.74) is 3.17. The summed E-state index contributed by atoms with van der Waals surface area (Å²) in [5, 5.41) is 4.27. The van der Waals surface area contributed by atoms with Gasteiger partial charge in [0.2, 0.25) is 5.28 Å². The maximum atomic E-state index is 14.9. The van der Waals surface area contributed by atoms with E-state index in [2.05, 4.69) is 15.1 Å². The molecule has 4 heterocycles. The maximum absolute atomic E-state index is 14.9. The Morgan fingerprint density at radius 2 is 2.22 bits per heavy atom. The van der Waals surface area contributed by atoms with Crippen molar-refractivity contribution in [1.29, 1.82) is 0 Å². The summed E-state index contributed by atoms with van der Waals surface area (Å²) in [4.78, 5) is 13.8. The Morgan fingerprint density at radius 1 is 1.37 bits per heavy atom. The van der Waals surface area contributed by atoms with Crippen molar-refractivity contribution in [1.82, 2.24) is 14.5 Å². The van der Waals surface area contributed by atoms with E-state index in [0.29, 0.717) is 23.4 Å². The minimum Gasteiger partial charge on any atom is -0.488 e. The average molecular weight is 387 g/mol. The van der Waals surface area contributed by atoms with Crippen molar-refractivity contribution in [2.45, 2.75) is 31.9 Å². The summed E-state index contributed by atoms with van der Waals surface area (Å²) in [6.07, 6.45) is 3.25. The fourth-order valence-electron chi connectivity index (χ4n) is 4.02. The lowest BCUT2D eigenvalue weighted by Crippen LogP contribution is -2.26. The molecule has 0 fully saturated rings. The van der Waals surface area contributed by atoms with Gasteiger partial charge in [-0.1, -0.05) is 11.2 Å². The second kappa shape index (κ2) is 5.92. The van der Waals surface area contributed by atoms with Gasteiger partial charge in [-0.05, 0) is 43.1 Å². The quantitative estimate of drug-likeness (QED) is 0.665. The number of rotatable bonds is 2. The van der Waals surface area contributed by atoms with Crippen LogP contribution in [-0.4, -0.2) is 33.0 Å². The lowest BCUT2D eigenvalue weighted by molar-refractivity contribution is 0.0897. The predicted octanol–water partition coefficient (Wildman–Crippen LogP) is 4.08. The van der Waals surface area contributed by atoms with Gasteiger partial charge in [-0.3, -0.25) is 4.98 Å². The second-order valence-electron chi connectivity index (χ2n) is 6.86. The first-order chi connectivity index (χ1) is 13.1. The number of hydrogen-bond donors (Lipinski definition) is 0. The van der Waals surface area contributed by atoms with Crippen molar-refractivity contribution in [3.8, 4) is 5.75 Å². The van der Waals surface area contributed by atoms with Gasteiger partial charge in [-0.2, -0.15) is 0 Å². The highest BCUT2D eigenvalue weighted by Gasteiger charge is 2.37. The third-order valence-electron chi connectivity index (χ3n) is 5.24. The lowest BCUT2D eigenvalue weighted by Gasteiger charge is -2.29. The molecule has 2 aromatic heterocycles.